The maximum Gasteiger partial charge on any atom is 0.317 e. The van der Waals surface area contributed by atoms with Crippen LogP contribution in [0.3, 0.4) is 0 Å². The van der Waals surface area contributed by atoms with Crippen molar-refractivity contribution in [3.05, 3.63) is 0 Å². The van der Waals surface area contributed by atoms with Crippen LogP contribution in [-0.4, -0.2) is 30.6 Å². The molecule has 3 heteroatoms. The summed E-state index contributed by atoms with van der Waals surface area (Å²) >= 11 is 0. The molecule has 2 aliphatic rings. The van der Waals surface area contributed by atoms with E-state index < -0.39 is 0 Å². The van der Waals surface area contributed by atoms with Gasteiger partial charge in [0.15, 0.2) is 0 Å². The fourth-order valence-electron chi connectivity index (χ4n) is 3.64. The minimum Gasteiger partial charge on any atom is -0.338 e. The molecule has 110 valence electrons. The molecular weight excluding hydrogens is 236 g/mol. The van der Waals surface area contributed by atoms with Crippen molar-refractivity contribution < 1.29 is 4.79 Å². The normalized spacial score (nSPS) is 21.5. The molecule has 0 aromatic rings. The average Bonchev–Trinajstić information content (AvgIpc) is 2.96. The van der Waals surface area contributed by atoms with Gasteiger partial charge in [-0.15, -0.1) is 0 Å². The number of urea groups is 1. The highest BCUT2D eigenvalue weighted by Gasteiger charge is 2.21. The molecule has 2 saturated carbocycles. The molecule has 0 aromatic heterocycles. The second-order valence-corrected chi connectivity index (χ2v) is 6.43. The second kappa shape index (κ2) is 7.76. The Kier molecular flexibility index (Phi) is 5.99. The van der Waals surface area contributed by atoms with Crippen molar-refractivity contribution in [1.82, 2.24) is 10.2 Å². The van der Waals surface area contributed by atoms with E-state index in [-0.39, 0.29) is 6.03 Å². The summed E-state index contributed by atoms with van der Waals surface area (Å²) in [4.78, 5) is 14.0. The van der Waals surface area contributed by atoms with Crippen molar-refractivity contribution in [2.24, 2.45) is 5.92 Å². The van der Waals surface area contributed by atoms with Gasteiger partial charge in [-0.3, -0.25) is 0 Å². The fourth-order valence-corrected chi connectivity index (χ4v) is 3.64. The third-order valence-corrected chi connectivity index (χ3v) is 4.98. The number of nitrogens with zero attached hydrogens (tertiary/aromatic N) is 1. The Morgan fingerprint density at radius 1 is 1.05 bits per heavy atom. The second-order valence-electron chi connectivity index (χ2n) is 6.43. The summed E-state index contributed by atoms with van der Waals surface area (Å²) in [5, 5.41) is 3.09. The van der Waals surface area contributed by atoms with E-state index in [9.17, 15) is 4.79 Å². The smallest absolute Gasteiger partial charge is 0.317 e. The Bertz CT molecular complexity index is 268. The molecule has 2 fully saturated rings. The molecule has 2 aliphatic carbocycles. The van der Waals surface area contributed by atoms with E-state index >= 15 is 0 Å². The van der Waals surface area contributed by atoms with Crippen molar-refractivity contribution >= 4 is 6.03 Å². The van der Waals surface area contributed by atoms with Crippen molar-refractivity contribution in [1.29, 1.82) is 0 Å². The molecule has 0 aromatic carbocycles. The first-order valence-corrected chi connectivity index (χ1v) is 8.28. The summed E-state index contributed by atoms with van der Waals surface area (Å²) in [6.07, 6.45) is 14.4. The molecule has 0 unspecified atom stereocenters. The molecule has 2 amide bonds. The maximum absolute atomic E-state index is 12.1. The first-order chi connectivity index (χ1) is 9.27. The van der Waals surface area contributed by atoms with Gasteiger partial charge in [-0.05, 0) is 31.6 Å². The summed E-state index contributed by atoms with van der Waals surface area (Å²) in [7, 11) is 1.96. The Labute approximate surface area is 118 Å². The summed E-state index contributed by atoms with van der Waals surface area (Å²) in [6, 6.07) is 0.613. The van der Waals surface area contributed by atoms with Gasteiger partial charge in [0.05, 0.1) is 0 Å². The lowest BCUT2D eigenvalue weighted by Crippen LogP contribution is -2.44. The van der Waals surface area contributed by atoms with Crippen LogP contribution in [0.4, 0.5) is 4.79 Å². The zero-order chi connectivity index (χ0) is 13.5. The standard InChI is InChI=1S/C16H30N2O/c1-18(15-11-3-2-4-12-15)16(19)17-13-7-10-14-8-5-6-9-14/h14-15H,2-13H2,1H3,(H,17,19). The fraction of sp³-hybridized carbons (Fsp3) is 0.938. The summed E-state index contributed by atoms with van der Waals surface area (Å²) in [5.41, 5.74) is 0. The first-order valence-electron chi connectivity index (χ1n) is 8.28. The molecule has 2 rings (SSSR count). The number of hydrogen-bond donors (Lipinski definition) is 1. The Hall–Kier alpha value is -0.730. The van der Waals surface area contributed by atoms with E-state index in [2.05, 4.69) is 5.32 Å². The Morgan fingerprint density at radius 3 is 2.37 bits per heavy atom. The molecule has 0 bridgehead atoms. The lowest BCUT2D eigenvalue weighted by molar-refractivity contribution is 0.173. The van der Waals surface area contributed by atoms with Crippen LogP contribution in [0.2, 0.25) is 0 Å². The SMILES string of the molecule is CN(C(=O)NCCCC1CCCC1)C1CCCCC1. The van der Waals surface area contributed by atoms with Gasteiger partial charge < -0.3 is 10.2 Å². The number of carbonyl (C=O) groups is 1. The lowest BCUT2D eigenvalue weighted by atomic mass is 9.95. The van der Waals surface area contributed by atoms with Gasteiger partial charge in [-0.1, -0.05) is 44.9 Å². The molecule has 0 radical (unpaired) electrons. The molecular formula is C16H30N2O. The van der Waals surface area contributed by atoms with Gasteiger partial charge in [0.2, 0.25) is 0 Å². The number of rotatable bonds is 5. The zero-order valence-corrected chi connectivity index (χ0v) is 12.5. The first kappa shape index (κ1) is 14.7. The van der Waals surface area contributed by atoms with Gasteiger partial charge in [-0.2, -0.15) is 0 Å². The zero-order valence-electron chi connectivity index (χ0n) is 12.5. The molecule has 0 aliphatic heterocycles. The third-order valence-electron chi connectivity index (χ3n) is 4.98. The molecule has 19 heavy (non-hydrogen) atoms. The highest BCUT2D eigenvalue weighted by atomic mass is 16.2. The Balaban J connectivity index is 1.57. The molecule has 0 atom stereocenters. The molecule has 1 N–H and O–H groups in total. The average molecular weight is 266 g/mol. The van der Waals surface area contributed by atoms with Gasteiger partial charge >= 0.3 is 6.03 Å². The van der Waals surface area contributed by atoms with Crippen LogP contribution in [0.1, 0.15) is 70.6 Å². The van der Waals surface area contributed by atoms with Crippen LogP contribution >= 0.6 is 0 Å². The van der Waals surface area contributed by atoms with Crippen LogP contribution in [-0.2, 0) is 0 Å². The van der Waals surface area contributed by atoms with Crippen molar-refractivity contribution in [3.8, 4) is 0 Å². The van der Waals surface area contributed by atoms with E-state index in [1.807, 2.05) is 11.9 Å². The van der Waals surface area contributed by atoms with Gasteiger partial charge in [0.1, 0.15) is 0 Å². The van der Waals surface area contributed by atoms with Gasteiger partial charge in [0, 0.05) is 19.6 Å². The van der Waals surface area contributed by atoms with Gasteiger partial charge in [-0.25, -0.2) is 4.79 Å². The molecule has 0 spiro atoms. The van der Waals surface area contributed by atoms with E-state index in [1.165, 1.54) is 64.2 Å². The van der Waals surface area contributed by atoms with Crippen LogP contribution in [0.5, 0.6) is 0 Å². The van der Waals surface area contributed by atoms with Crippen molar-refractivity contribution in [2.75, 3.05) is 13.6 Å². The molecule has 3 nitrogen and oxygen atoms in total. The van der Waals surface area contributed by atoms with Crippen LogP contribution in [0.15, 0.2) is 0 Å². The van der Waals surface area contributed by atoms with Crippen molar-refractivity contribution in [2.45, 2.75) is 76.7 Å². The predicted molar refractivity (Wildman–Crippen MR) is 79.2 cm³/mol. The highest BCUT2D eigenvalue weighted by Crippen LogP contribution is 2.28. The summed E-state index contributed by atoms with van der Waals surface area (Å²) in [5.74, 6) is 0.938. The van der Waals surface area contributed by atoms with Crippen molar-refractivity contribution in [3.63, 3.8) is 0 Å². The molecule has 0 heterocycles. The molecule has 0 saturated heterocycles. The van der Waals surface area contributed by atoms with E-state index in [1.54, 1.807) is 0 Å². The monoisotopic (exact) mass is 266 g/mol. The quantitative estimate of drug-likeness (QED) is 0.751. The highest BCUT2D eigenvalue weighted by molar-refractivity contribution is 5.74. The van der Waals surface area contributed by atoms with Gasteiger partial charge in [0.25, 0.3) is 0 Å². The van der Waals surface area contributed by atoms with Crippen LogP contribution in [0, 0.1) is 5.92 Å². The Morgan fingerprint density at radius 2 is 1.68 bits per heavy atom. The topological polar surface area (TPSA) is 32.3 Å². The summed E-state index contributed by atoms with van der Waals surface area (Å²) < 4.78 is 0. The predicted octanol–water partition coefficient (Wildman–Crippen LogP) is 3.93. The number of carbonyl (C=O) groups excluding carboxylic acids is 1. The van der Waals surface area contributed by atoms with Crippen LogP contribution < -0.4 is 5.32 Å². The van der Waals surface area contributed by atoms with E-state index in [0.29, 0.717) is 6.04 Å². The van der Waals surface area contributed by atoms with E-state index in [0.717, 1.165) is 18.9 Å². The third kappa shape index (κ3) is 4.70. The maximum atomic E-state index is 12.1. The number of hydrogen-bond acceptors (Lipinski definition) is 1. The largest absolute Gasteiger partial charge is 0.338 e. The minimum absolute atomic E-state index is 0.137. The van der Waals surface area contributed by atoms with Crippen LogP contribution in [0.25, 0.3) is 0 Å². The number of nitrogens with one attached hydrogen (secondary N) is 1. The van der Waals surface area contributed by atoms with E-state index in [4.69, 9.17) is 0 Å². The summed E-state index contributed by atoms with van der Waals surface area (Å²) in [6.45, 7) is 0.854. The lowest BCUT2D eigenvalue weighted by Gasteiger charge is -2.31. The minimum atomic E-state index is 0.137. The number of amides is 2.